The van der Waals surface area contributed by atoms with Crippen molar-refractivity contribution in [3.05, 3.63) is 29.8 Å². The van der Waals surface area contributed by atoms with Gasteiger partial charge in [0.05, 0.1) is 0 Å². The van der Waals surface area contributed by atoms with Crippen LogP contribution in [0.25, 0.3) is 0 Å². The van der Waals surface area contributed by atoms with E-state index in [0.717, 1.165) is 42.8 Å². The average Bonchev–Trinajstić information content (AvgIpc) is 2.95. The number of aliphatic carboxylic acids is 1. The minimum Gasteiger partial charge on any atom is -0.480 e. The number of carbonyl (C=O) groups excluding carboxylic acids is 2. The maximum absolute atomic E-state index is 12.5. The molecule has 1 aromatic carbocycles. The Kier molecular flexibility index (Phi) is 6.03. The van der Waals surface area contributed by atoms with Crippen LogP contribution in [0.2, 0.25) is 0 Å². The van der Waals surface area contributed by atoms with Crippen molar-refractivity contribution >= 4 is 18.0 Å². The fourth-order valence-corrected chi connectivity index (χ4v) is 4.43. The second-order valence-electron chi connectivity index (χ2n) is 7.88. The molecule has 0 radical (unpaired) electrons. The van der Waals surface area contributed by atoms with Crippen molar-refractivity contribution in [1.82, 2.24) is 9.80 Å². The van der Waals surface area contributed by atoms with E-state index in [-0.39, 0.29) is 18.3 Å². The van der Waals surface area contributed by atoms with E-state index in [4.69, 9.17) is 4.74 Å². The van der Waals surface area contributed by atoms with E-state index in [1.807, 2.05) is 12.1 Å². The number of likely N-dealkylation sites (tertiary alicyclic amines) is 2. The molecule has 3 rings (SSSR count). The Morgan fingerprint density at radius 3 is 2.82 bits per heavy atom. The summed E-state index contributed by atoms with van der Waals surface area (Å²) in [5.41, 5.74) is 1.09. The van der Waals surface area contributed by atoms with Gasteiger partial charge >= 0.3 is 12.1 Å². The first-order valence-electron chi connectivity index (χ1n) is 9.92. The van der Waals surface area contributed by atoms with Crippen LogP contribution in [0.4, 0.5) is 4.79 Å². The summed E-state index contributed by atoms with van der Waals surface area (Å²) in [6, 6.07) is 6.28. The molecule has 1 unspecified atom stereocenters. The molecule has 2 fully saturated rings. The van der Waals surface area contributed by atoms with Gasteiger partial charge in [-0.3, -0.25) is 4.79 Å². The van der Waals surface area contributed by atoms with E-state index in [1.54, 1.807) is 6.07 Å². The van der Waals surface area contributed by atoms with Gasteiger partial charge in [0.15, 0.2) is 0 Å². The first-order valence-corrected chi connectivity index (χ1v) is 9.92. The fourth-order valence-electron chi connectivity index (χ4n) is 4.43. The van der Waals surface area contributed by atoms with Crippen LogP contribution >= 0.6 is 0 Å². The number of ether oxygens (including phenoxy) is 1. The summed E-state index contributed by atoms with van der Waals surface area (Å²) in [6.07, 6.45) is 3.59. The molecule has 0 saturated carbocycles. The quantitative estimate of drug-likeness (QED) is 0.853. The van der Waals surface area contributed by atoms with Gasteiger partial charge in [-0.15, -0.1) is 0 Å². The van der Waals surface area contributed by atoms with Gasteiger partial charge < -0.3 is 14.7 Å². The lowest BCUT2D eigenvalue weighted by Gasteiger charge is -2.35. The third-order valence-corrected chi connectivity index (χ3v) is 6.04. The van der Waals surface area contributed by atoms with E-state index in [0.29, 0.717) is 5.75 Å². The van der Waals surface area contributed by atoms with Gasteiger partial charge in [-0.25, -0.2) is 14.5 Å². The van der Waals surface area contributed by atoms with E-state index in [9.17, 15) is 19.5 Å². The molecule has 1 aromatic rings. The Balaban J connectivity index is 1.82. The predicted molar refractivity (Wildman–Crippen MR) is 103 cm³/mol. The zero-order chi connectivity index (χ0) is 20.3. The van der Waals surface area contributed by atoms with E-state index >= 15 is 0 Å². The molecule has 0 aliphatic carbocycles. The number of amides is 2. The molecule has 2 atom stereocenters. The summed E-state index contributed by atoms with van der Waals surface area (Å²) in [7, 11) is 2.13. The fraction of sp³-hybridized carbons (Fsp3) is 0.571. The van der Waals surface area contributed by atoms with Crippen LogP contribution in [0.3, 0.4) is 0 Å². The molecule has 2 aliphatic rings. The average molecular weight is 388 g/mol. The SMILES string of the molecule is CCC1(c2cccc(OC(=O)N3C(=O)CC[C@@H]3C(=O)O)c2)CCCCN(C)C1. The van der Waals surface area contributed by atoms with Crippen LogP contribution in [0.5, 0.6) is 5.75 Å². The lowest BCUT2D eigenvalue weighted by Crippen LogP contribution is -2.44. The molecule has 7 nitrogen and oxygen atoms in total. The van der Waals surface area contributed by atoms with E-state index < -0.39 is 24.0 Å². The molecule has 7 heteroatoms. The lowest BCUT2D eigenvalue weighted by atomic mass is 9.74. The molecule has 0 spiro atoms. The largest absolute Gasteiger partial charge is 0.480 e. The van der Waals surface area contributed by atoms with E-state index in [2.05, 4.69) is 24.9 Å². The second kappa shape index (κ2) is 8.31. The van der Waals surface area contributed by atoms with Crippen LogP contribution in [0, 0.1) is 0 Å². The minimum absolute atomic E-state index is 0.0132. The molecule has 0 bridgehead atoms. The van der Waals surface area contributed by atoms with Crippen LogP contribution in [-0.2, 0) is 15.0 Å². The highest BCUT2D eigenvalue weighted by Gasteiger charge is 2.41. The number of nitrogens with zero attached hydrogens (tertiary/aromatic N) is 2. The van der Waals surface area contributed by atoms with Crippen molar-refractivity contribution in [2.24, 2.45) is 0 Å². The number of hydrogen-bond acceptors (Lipinski definition) is 5. The van der Waals surface area contributed by atoms with Gasteiger partial charge in [-0.05, 0) is 57.0 Å². The maximum atomic E-state index is 12.5. The highest BCUT2D eigenvalue weighted by molar-refractivity contribution is 5.99. The zero-order valence-corrected chi connectivity index (χ0v) is 16.5. The first-order chi connectivity index (χ1) is 13.4. The molecule has 1 N–H and O–H groups in total. The second-order valence-corrected chi connectivity index (χ2v) is 7.88. The third-order valence-electron chi connectivity index (χ3n) is 6.04. The highest BCUT2D eigenvalue weighted by atomic mass is 16.6. The van der Waals surface area contributed by atoms with Gasteiger partial charge in [0.1, 0.15) is 11.8 Å². The molecule has 2 heterocycles. The minimum atomic E-state index is -1.19. The molecule has 152 valence electrons. The lowest BCUT2D eigenvalue weighted by molar-refractivity contribution is -0.144. The van der Waals surface area contributed by atoms with Crippen LogP contribution in [0.1, 0.15) is 51.0 Å². The molecule has 2 amide bonds. The van der Waals surface area contributed by atoms with Crippen molar-refractivity contribution in [2.45, 2.75) is 56.9 Å². The standard InChI is InChI=1S/C21H28N2O5/c1-3-21(11-4-5-12-22(2)14-21)15-7-6-8-16(13-15)28-20(27)23-17(19(25)26)9-10-18(23)24/h6-8,13,17H,3-5,9-12,14H2,1-2H3,(H,25,26)/t17-,21?/m1/s1. The molecule has 28 heavy (non-hydrogen) atoms. The number of carbonyl (C=O) groups is 3. The van der Waals surface area contributed by atoms with E-state index in [1.165, 1.54) is 6.42 Å². The summed E-state index contributed by atoms with van der Waals surface area (Å²) in [4.78, 5) is 38.8. The van der Waals surface area contributed by atoms with Crippen LogP contribution in [0.15, 0.2) is 24.3 Å². The summed E-state index contributed by atoms with van der Waals surface area (Å²) in [5, 5.41) is 9.24. The van der Waals surface area contributed by atoms with Crippen molar-refractivity contribution in [3.63, 3.8) is 0 Å². The molecule has 2 aliphatic heterocycles. The molecule has 2 saturated heterocycles. The topological polar surface area (TPSA) is 87.1 Å². The van der Waals surface area contributed by atoms with Gasteiger partial charge in [0, 0.05) is 18.4 Å². The first kappa shape index (κ1) is 20.3. The molecule has 0 aromatic heterocycles. The number of rotatable bonds is 4. The molecular weight excluding hydrogens is 360 g/mol. The maximum Gasteiger partial charge on any atom is 0.422 e. The van der Waals surface area contributed by atoms with Crippen molar-refractivity contribution in [2.75, 3.05) is 20.1 Å². The predicted octanol–water partition coefficient (Wildman–Crippen LogP) is 3.02. The van der Waals surface area contributed by atoms with Crippen LogP contribution < -0.4 is 4.74 Å². The number of carboxylic acids is 1. The Hall–Kier alpha value is -2.41. The van der Waals surface area contributed by atoms with Crippen LogP contribution in [-0.4, -0.2) is 59.1 Å². The highest BCUT2D eigenvalue weighted by Crippen LogP contribution is 2.37. The van der Waals surface area contributed by atoms with Crippen molar-refractivity contribution in [1.29, 1.82) is 0 Å². The van der Waals surface area contributed by atoms with Crippen molar-refractivity contribution < 1.29 is 24.2 Å². The number of imide groups is 1. The Bertz CT molecular complexity index is 765. The van der Waals surface area contributed by atoms with Gasteiger partial charge in [-0.1, -0.05) is 25.5 Å². The summed E-state index contributed by atoms with van der Waals surface area (Å²) in [6.45, 7) is 4.19. The number of hydrogen-bond donors (Lipinski definition) is 1. The smallest absolute Gasteiger partial charge is 0.422 e. The number of benzene rings is 1. The van der Waals surface area contributed by atoms with Crippen molar-refractivity contribution in [3.8, 4) is 5.75 Å². The van der Waals surface area contributed by atoms with Gasteiger partial charge in [0.25, 0.3) is 0 Å². The molecular formula is C21H28N2O5. The summed E-state index contributed by atoms with van der Waals surface area (Å²) >= 11 is 0. The summed E-state index contributed by atoms with van der Waals surface area (Å²) < 4.78 is 5.42. The summed E-state index contributed by atoms with van der Waals surface area (Å²) in [5.74, 6) is -1.36. The number of likely N-dealkylation sites (N-methyl/N-ethyl adjacent to an activating group) is 1. The number of carboxylic acid groups (broad SMARTS) is 1. The zero-order valence-electron chi connectivity index (χ0n) is 16.5. The Morgan fingerprint density at radius 1 is 1.32 bits per heavy atom. The Labute approximate surface area is 165 Å². The monoisotopic (exact) mass is 388 g/mol. The third kappa shape index (κ3) is 4.04. The van der Waals surface area contributed by atoms with Gasteiger partial charge in [-0.2, -0.15) is 0 Å². The normalized spacial score (nSPS) is 26.1. The van der Waals surface area contributed by atoms with Gasteiger partial charge in [0.2, 0.25) is 5.91 Å². The Morgan fingerprint density at radius 2 is 2.11 bits per heavy atom.